The van der Waals surface area contributed by atoms with Gasteiger partial charge in [0.2, 0.25) is 5.91 Å². The van der Waals surface area contributed by atoms with Gasteiger partial charge in [0, 0.05) is 4.90 Å². The molecule has 0 saturated carbocycles. The van der Waals surface area contributed by atoms with Crippen molar-refractivity contribution in [1.29, 1.82) is 0 Å². The van der Waals surface area contributed by atoms with Crippen molar-refractivity contribution in [1.82, 2.24) is 20.1 Å². The second-order valence-corrected chi connectivity index (χ2v) is 6.86. The van der Waals surface area contributed by atoms with Gasteiger partial charge in [-0.3, -0.25) is 4.79 Å². The zero-order valence-electron chi connectivity index (χ0n) is 13.6. The standard InChI is InChI=1S/C18H17ClN4OS/c1-13(14-6-8-15(9-7-14)23-12-20-11-21-23)22-18(24)10-25-17-5-3-2-4-16(17)19/h2-9,11-13H,10H2,1H3,(H,22,24). The van der Waals surface area contributed by atoms with Crippen LogP contribution in [0.2, 0.25) is 5.02 Å². The predicted molar refractivity (Wildman–Crippen MR) is 100 cm³/mol. The van der Waals surface area contributed by atoms with E-state index in [1.807, 2.05) is 55.5 Å². The summed E-state index contributed by atoms with van der Waals surface area (Å²) in [6, 6.07) is 15.3. The van der Waals surface area contributed by atoms with Gasteiger partial charge in [-0.15, -0.1) is 11.8 Å². The molecule has 25 heavy (non-hydrogen) atoms. The summed E-state index contributed by atoms with van der Waals surface area (Å²) in [4.78, 5) is 17.0. The number of thioether (sulfide) groups is 1. The van der Waals surface area contributed by atoms with Gasteiger partial charge >= 0.3 is 0 Å². The van der Waals surface area contributed by atoms with Gasteiger partial charge in [0.25, 0.3) is 0 Å². The molecule has 3 rings (SSSR count). The van der Waals surface area contributed by atoms with E-state index in [0.717, 1.165) is 16.1 Å². The van der Waals surface area contributed by atoms with Crippen LogP contribution in [0.25, 0.3) is 5.69 Å². The van der Waals surface area contributed by atoms with Gasteiger partial charge in [-0.25, -0.2) is 9.67 Å². The Labute approximate surface area is 155 Å². The van der Waals surface area contributed by atoms with Gasteiger partial charge in [-0.05, 0) is 36.8 Å². The fraction of sp³-hybridized carbons (Fsp3) is 0.167. The van der Waals surface area contributed by atoms with E-state index in [9.17, 15) is 4.79 Å². The van der Waals surface area contributed by atoms with Crippen LogP contribution in [0, 0.1) is 0 Å². The van der Waals surface area contributed by atoms with Gasteiger partial charge in [0.1, 0.15) is 12.7 Å². The number of aromatic nitrogens is 3. The molecule has 1 heterocycles. The van der Waals surface area contributed by atoms with E-state index in [2.05, 4.69) is 15.4 Å². The Morgan fingerprint density at radius 1 is 1.24 bits per heavy atom. The zero-order valence-corrected chi connectivity index (χ0v) is 15.2. The minimum absolute atomic E-state index is 0.0298. The number of nitrogens with one attached hydrogen (secondary N) is 1. The van der Waals surface area contributed by atoms with Crippen LogP contribution in [0.1, 0.15) is 18.5 Å². The second kappa shape index (κ2) is 8.18. The number of carbonyl (C=O) groups excluding carboxylic acids is 1. The van der Waals surface area contributed by atoms with Crippen molar-refractivity contribution < 1.29 is 4.79 Å². The van der Waals surface area contributed by atoms with Gasteiger partial charge in [0.15, 0.2) is 0 Å². The quantitative estimate of drug-likeness (QED) is 0.667. The number of nitrogens with zero attached hydrogens (tertiary/aromatic N) is 3. The number of carbonyl (C=O) groups is 1. The highest BCUT2D eigenvalue weighted by Crippen LogP contribution is 2.26. The van der Waals surface area contributed by atoms with Crippen LogP contribution in [0.5, 0.6) is 0 Å². The van der Waals surface area contributed by atoms with Gasteiger partial charge in [-0.1, -0.05) is 35.9 Å². The first-order valence-electron chi connectivity index (χ1n) is 7.75. The maximum atomic E-state index is 12.2. The predicted octanol–water partition coefficient (Wildman–Crippen LogP) is 3.89. The Morgan fingerprint density at radius 2 is 2.00 bits per heavy atom. The third kappa shape index (κ3) is 4.61. The number of halogens is 1. The molecule has 1 amide bonds. The normalized spacial score (nSPS) is 11.9. The first-order chi connectivity index (χ1) is 12.1. The molecule has 1 N–H and O–H groups in total. The van der Waals surface area contributed by atoms with Crippen molar-refractivity contribution in [2.75, 3.05) is 5.75 Å². The molecule has 0 radical (unpaired) electrons. The number of hydrogen-bond acceptors (Lipinski definition) is 4. The third-order valence-corrected chi connectivity index (χ3v) is 5.16. The molecule has 0 fully saturated rings. The zero-order chi connectivity index (χ0) is 17.6. The lowest BCUT2D eigenvalue weighted by Crippen LogP contribution is -2.28. The van der Waals surface area contributed by atoms with Crippen LogP contribution in [0.3, 0.4) is 0 Å². The number of benzene rings is 2. The van der Waals surface area contributed by atoms with Crippen LogP contribution in [0.4, 0.5) is 0 Å². The minimum Gasteiger partial charge on any atom is -0.349 e. The van der Waals surface area contributed by atoms with Gasteiger partial charge in [0.05, 0.1) is 22.5 Å². The van der Waals surface area contributed by atoms with Crippen molar-refractivity contribution >= 4 is 29.3 Å². The van der Waals surface area contributed by atoms with Crippen molar-refractivity contribution in [2.45, 2.75) is 17.9 Å². The fourth-order valence-corrected chi connectivity index (χ4v) is 3.38. The van der Waals surface area contributed by atoms with Crippen molar-refractivity contribution in [3.05, 3.63) is 71.8 Å². The Kier molecular flexibility index (Phi) is 5.73. The molecule has 0 spiro atoms. The molecule has 0 aliphatic heterocycles. The van der Waals surface area contributed by atoms with E-state index < -0.39 is 0 Å². The molecule has 1 atom stereocenters. The summed E-state index contributed by atoms with van der Waals surface area (Å²) >= 11 is 7.53. The molecule has 128 valence electrons. The lowest BCUT2D eigenvalue weighted by Gasteiger charge is -2.15. The molecular weight excluding hydrogens is 356 g/mol. The molecule has 5 nitrogen and oxygen atoms in total. The third-order valence-electron chi connectivity index (χ3n) is 3.65. The fourth-order valence-electron chi connectivity index (χ4n) is 2.33. The van der Waals surface area contributed by atoms with Gasteiger partial charge in [-0.2, -0.15) is 5.10 Å². The summed E-state index contributed by atoms with van der Waals surface area (Å²) in [5, 5.41) is 7.76. The molecule has 1 aromatic heterocycles. The van der Waals surface area contributed by atoms with E-state index in [1.54, 1.807) is 11.0 Å². The van der Waals surface area contributed by atoms with Gasteiger partial charge < -0.3 is 5.32 Å². The van der Waals surface area contributed by atoms with Crippen LogP contribution < -0.4 is 5.32 Å². The Bertz CT molecular complexity index is 837. The average molecular weight is 373 g/mol. The summed E-state index contributed by atoms with van der Waals surface area (Å²) in [7, 11) is 0. The first-order valence-corrected chi connectivity index (χ1v) is 9.11. The number of amides is 1. The highest BCUT2D eigenvalue weighted by Gasteiger charge is 2.11. The maximum Gasteiger partial charge on any atom is 0.230 e. The summed E-state index contributed by atoms with van der Waals surface area (Å²) in [6.45, 7) is 1.96. The molecule has 0 aliphatic rings. The summed E-state index contributed by atoms with van der Waals surface area (Å²) < 4.78 is 1.69. The topological polar surface area (TPSA) is 59.8 Å². The number of hydrogen-bond donors (Lipinski definition) is 1. The minimum atomic E-state index is -0.0795. The molecule has 1 unspecified atom stereocenters. The van der Waals surface area contributed by atoms with Crippen LogP contribution in [-0.4, -0.2) is 26.4 Å². The highest BCUT2D eigenvalue weighted by atomic mass is 35.5. The van der Waals surface area contributed by atoms with E-state index >= 15 is 0 Å². The Balaban J connectivity index is 1.55. The Hall–Kier alpha value is -2.31. The van der Waals surface area contributed by atoms with E-state index in [-0.39, 0.29) is 11.9 Å². The summed E-state index contributed by atoms with van der Waals surface area (Å²) in [6.07, 6.45) is 3.14. The molecule has 0 aliphatic carbocycles. The summed E-state index contributed by atoms with van der Waals surface area (Å²) in [5.74, 6) is 0.295. The molecule has 0 bridgehead atoms. The first kappa shape index (κ1) is 17.5. The highest BCUT2D eigenvalue weighted by molar-refractivity contribution is 8.00. The van der Waals surface area contributed by atoms with Crippen LogP contribution in [0.15, 0.2) is 66.1 Å². The average Bonchev–Trinajstić information content (AvgIpc) is 3.16. The van der Waals surface area contributed by atoms with E-state index in [4.69, 9.17) is 11.6 Å². The molecule has 7 heteroatoms. The molecule has 2 aromatic carbocycles. The Morgan fingerprint density at radius 3 is 2.68 bits per heavy atom. The smallest absolute Gasteiger partial charge is 0.230 e. The van der Waals surface area contributed by atoms with E-state index in [0.29, 0.717) is 10.8 Å². The molecule has 3 aromatic rings. The second-order valence-electron chi connectivity index (χ2n) is 5.44. The van der Waals surface area contributed by atoms with Crippen molar-refractivity contribution in [3.63, 3.8) is 0 Å². The van der Waals surface area contributed by atoms with Crippen molar-refractivity contribution in [3.8, 4) is 5.69 Å². The molecular formula is C18H17ClN4OS. The molecule has 0 saturated heterocycles. The maximum absolute atomic E-state index is 12.2. The van der Waals surface area contributed by atoms with Crippen LogP contribution >= 0.6 is 23.4 Å². The van der Waals surface area contributed by atoms with E-state index in [1.165, 1.54) is 18.1 Å². The summed E-state index contributed by atoms with van der Waals surface area (Å²) in [5.41, 5.74) is 1.95. The lowest BCUT2D eigenvalue weighted by molar-refractivity contribution is -0.119. The monoisotopic (exact) mass is 372 g/mol. The SMILES string of the molecule is CC(NC(=O)CSc1ccccc1Cl)c1ccc(-n2cncn2)cc1. The lowest BCUT2D eigenvalue weighted by atomic mass is 10.1. The van der Waals surface area contributed by atoms with Crippen LogP contribution in [-0.2, 0) is 4.79 Å². The largest absolute Gasteiger partial charge is 0.349 e. The number of rotatable bonds is 6. The van der Waals surface area contributed by atoms with Crippen molar-refractivity contribution in [2.24, 2.45) is 0 Å².